The summed E-state index contributed by atoms with van der Waals surface area (Å²) in [6.45, 7) is 9.07. The molecule has 1 fully saturated rings. The van der Waals surface area contributed by atoms with Gasteiger partial charge in [-0.3, -0.25) is 0 Å². The molecular weight excluding hydrogens is 471 g/mol. The Hall–Kier alpha value is -2.29. The van der Waals surface area contributed by atoms with Gasteiger partial charge in [-0.25, -0.2) is 4.39 Å². The second kappa shape index (κ2) is 11.6. The third-order valence-electron chi connectivity index (χ3n) is 7.42. The van der Waals surface area contributed by atoms with E-state index in [2.05, 4.69) is 11.5 Å². The van der Waals surface area contributed by atoms with E-state index in [-0.39, 0.29) is 17.8 Å². The van der Waals surface area contributed by atoms with Crippen LogP contribution in [0, 0.1) is 12.8 Å². The van der Waals surface area contributed by atoms with Crippen molar-refractivity contribution in [2.24, 2.45) is 11.7 Å². The molecular formula is C30H41FN2O4. The van der Waals surface area contributed by atoms with Crippen molar-refractivity contribution < 1.29 is 24.1 Å². The third-order valence-corrected chi connectivity index (χ3v) is 7.42. The molecule has 1 unspecified atom stereocenters. The number of aromatic nitrogens is 1. The van der Waals surface area contributed by atoms with Crippen molar-refractivity contribution in [3.05, 3.63) is 65.3 Å². The summed E-state index contributed by atoms with van der Waals surface area (Å²) in [6, 6.07) is 9.87. The maximum absolute atomic E-state index is 13.9. The number of nitrogens with two attached hydrogens (primary N) is 1. The number of aliphatic hydroxyl groups excluding tert-OH is 2. The van der Waals surface area contributed by atoms with Gasteiger partial charge in [0.15, 0.2) is 5.79 Å². The summed E-state index contributed by atoms with van der Waals surface area (Å²) in [5.74, 6) is -0.402. The van der Waals surface area contributed by atoms with Gasteiger partial charge >= 0.3 is 0 Å². The number of allylic oxidation sites excluding steroid dienone is 4. The highest BCUT2D eigenvalue weighted by atomic mass is 19.1. The van der Waals surface area contributed by atoms with Crippen LogP contribution < -0.4 is 5.73 Å². The van der Waals surface area contributed by atoms with Crippen LogP contribution in [-0.2, 0) is 16.0 Å². The average molecular weight is 513 g/mol. The summed E-state index contributed by atoms with van der Waals surface area (Å²) < 4.78 is 27.6. The van der Waals surface area contributed by atoms with E-state index in [1.54, 1.807) is 0 Å². The minimum absolute atomic E-state index is 0.0456. The quantitative estimate of drug-likeness (QED) is 0.352. The minimum Gasteiger partial charge on any atom is -0.393 e. The van der Waals surface area contributed by atoms with Crippen LogP contribution in [0.15, 0.2) is 48.3 Å². The van der Waals surface area contributed by atoms with Crippen molar-refractivity contribution in [1.29, 1.82) is 0 Å². The van der Waals surface area contributed by atoms with E-state index >= 15 is 0 Å². The number of hydrogen-bond acceptors (Lipinski definition) is 5. The second-order valence-electron chi connectivity index (χ2n) is 11.0. The molecule has 0 radical (unpaired) electrons. The lowest BCUT2D eigenvalue weighted by Crippen LogP contribution is -2.23. The number of aliphatic hydroxyl groups is 2. The molecule has 0 bridgehead atoms. The molecule has 2 heterocycles. The first-order chi connectivity index (χ1) is 17.6. The van der Waals surface area contributed by atoms with Crippen LogP contribution in [0.5, 0.6) is 0 Å². The normalized spacial score (nSPS) is 21.9. The molecule has 1 aliphatic carbocycles. The molecule has 37 heavy (non-hydrogen) atoms. The Bertz CT molecular complexity index is 1140. The van der Waals surface area contributed by atoms with Crippen LogP contribution in [-0.4, -0.2) is 39.4 Å². The molecule has 4 rings (SSSR count). The number of nitrogens with zero attached hydrogens (tertiary/aromatic N) is 1. The Morgan fingerprint density at radius 3 is 2.49 bits per heavy atom. The molecule has 1 aliphatic heterocycles. The Morgan fingerprint density at radius 1 is 1.16 bits per heavy atom. The van der Waals surface area contributed by atoms with E-state index in [0.29, 0.717) is 44.4 Å². The number of halogens is 1. The van der Waals surface area contributed by atoms with E-state index in [1.165, 1.54) is 6.08 Å². The SMILES string of the molecule is Cc1c(C(N)O)c(-c2ccccc2)c(C2=CC=C(F)CC2)n1CC[C@@H](O)C[C@@H](C)C[C@H]1COC(C)(C)O1. The lowest BCUT2D eigenvalue weighted by Gasteiger charge is -2.22. The molecule has 1 saturated heterocycles. The topological polar surface area (TPSA) is 89.9 Å². The largest absolute Gasteiger partial charge is 0.393 e. The zero-order valence-corrected chi connectivity index (χ0v) is 22.4. The van der Waals surface area contributed by atoms with Crippen molar-refractivity contribution in [1.82, 2.24) is 4.57 Å². The van der Waals surface area contributed by atoms with Crippen LogP contribution in [0.4, 0.5) is 4.39 Å². The standard InChI is InChI=1S/C30H41FN2O4/c1-19(17-25-18-36-30(3,4)37-25)16-24(34)14-15-33-20(2)26(29(32)35)27(21-8-6-5-7-9-21)28(33)22-10-12-23(31)13-11-22/h5-10,12,19,24-25,29,34-35H,11,13-18,32H2,1-4H3/t19-,24-,25+,29?/m1/s1. The van der Waals surface area contributed by atoms with Crippen LogP contribution in [0.1, 0.15) is 76.1 Å². The first-order valence-electron chi connectivity index (χ1n) is 13.3. The predicted octanol–water partition coefficient (Wildman–Crippen LogP) is 5.76. The molecule has 1 aromatic carbocycles. The van der Waals surface area contributed by atoms with Crippen molar-refractivity contribution in [2.45, 2.75) is 90.6 Å². The van der Waals surface area contributed by atoms with Crippen molar-refractivity contribution in [3.63, 3.8) is 0 Å². The molecule has 7 heteroatoms. The molecule has 0 saturated carbocycles. The molecule has 6 nitrogen and oxygen atoms in total. The summed E-state index contributed by atoms with van der Waals surface area (Å²) >= 11 is 0. The van der Waals surface area contributed by atoms with Gasteiger partial charge in [-0.1, -0.05) is 43.3 Å². The number of hydrogen-bond donors (Lipinski definition) is 3. The van der Waals surface area contributed by atoms with Crippen LogP contribution >= 0.6 is 0 Å². The molecule has 2 aromatic rings. The van der Waals surface area contributed by atoms with Crippen molar-refractivity contribution >= 4 is 5.57 Å². The number of rotatable bonds is 10. The van der Waals surface area contributed by atoms with Gasteiger partial charge < -0.3 is 30.0 Å². The Labute approximate surface area is 219 Å². The highest BCUT2D eigenvalue weighted by molar-refractivity contribution is 5.84. The van der Waals surface area contributed by atoms with Gasteiger partial charge in [-0.2, -0.15) is 0 Å². The summed E-state index contributed by atoms with van der Waals surface area (Å²) in [5, 5.41) is 21.5. The maximum atomic E-state index is 13.9. The van der Waals surface area contributed by atoms with Gasteiger partial charge in [-0.05, 0) is 69.6 Å². The summed E-state index contributed by atoms with van der Waals surface area (Å²) in [4.78, 5) is 0. The zero-order valence-electron chi connectivity index (χ0n) is 22.4. The summed E-state index contributed by atoms with van der Waals surface area (Å²) in [5.41, 5.74) is 11.4. The van der Waals surface area contributed by atoms with E-state index in [4.69, 9.17) is 15.2 Å². The fourth-order valence-corrected chi connectivity index (χ4v) is 5.72. The monoisotopic (exact) mass is 512 g/mol. The van der Waals surface area contributed by atoms with Gasteiger partial charge in [0.1, 0.15) is 12.1 Å². The van der Waals surface area contributed by atoms with Crippen molar-refractivity contribution in [3.8, 4) is 11.1 Å². The zero-order chi connectivity index (χ0) is 26.7. The first kappa shape index (κ1) is 27.7. The van der Waals surface area contributed by atoms with E-state index in [0.717, 1.165) is 34.5 Å². The third kappa shape index (κ3) is 6.59. The van der Waals surface area contributed by atoms with Crippen LogP contribution in [0.2, 0.25) is 0 Å². The second-order valence-corrected chi connectivity index (χ2v) is 11.0. The Kier molecular flexibility index (Phi) is 8.71. The van der Waals surface area contributed by atoms with Gasteiger partial charge in [0.05, 0.1) is 24.5 Å². The molecule has 202 valence electrons. The van der Waals surface area contributed by atoms with E-state index < -0.39 is 18.1 Å². The molecule has 0 amide bonds. The highest BCUT2D eigenvalue weighted by Gasteiger charge is 2.33. The fraction of sp³-hybridized carbons (Fsp3) is 0.533. The van der Waals surface area contributed by atoms with Crippen molar-refractivity contribution in [2.75, 3.05) is 6.61 Å². The molecule has 2 aliphatic rings. The van der Waals surface area contributed by atoms with E-state index in [1.807, 2.05) is 57.2 Å². The summed E-state index contributed by atoms with van der Waals surface area (Å²) in [6.07, 6.45) is 4.68. The van der Waals surface area contributed by atoms with Gasteiger partial charge in [0, 0.05) is 29.8 Å². The smallest absolute Gasteiger partial charge is 0.163 e. The minimum atomic E-state index is -1.16. The Morgan fingerprint density at radius 2 is 1.89 bits per heavy atom. The van der Waals surface area contributed by atoms with Gasteiger partial charge in [0.25, 0.3) is 0 Å². The maximum Gasteiger partial charge on any atom is 0.163 e. The molecule has 1 aromatic heterocycles. The molecule has 4 atom stereocenters. The van der Waals surface area contributed by atoms with Crippen LogP contribution in [0.3, 0.4) is 0 Å². The first-order valence-corrected chi connectivity index (χ1v) is 13.3. The average Bonchev–Trinajstić information content (AvgIpc) is 3.34. The lowest BCUT2D eigenvalue weighted by atomic mass is 9.92. The Balaban J connectivity index is 1.58. The highest BCUT2D eigenvalue weighted by Crippen LogP contribution is 2.41. The molecule has 4 N–H and O–H groups in total. The van der Waals surface area contributed by atoms with Gasteiger partial charge in [-0.15, -0.1) is 0 Å². The van der Waals surface area contributed by atoms with Crippen LogP contribution in [0.25, 0.3) is 16.7 Å². The summed E-state index contributed by atoms with van der Waals surface area (Å²) in [7, 11) is 0. The predicted molar refractivity (Wildman–Crippen MR) is 144 cm³/mol. The number of ether oxygens (including phenoxy) is 2. The van der Waals surface area contributed by atoms with E-state index in [9.17, 15) is 14.6 Å². The fourth-order valence-electron chi connectivity index (χ4n) is 5.72. The van der Waals surface area contributed by atoms with Gasteiger partial charge in [0.2, 0.25) is 0 Å². The molecule has 0 spiro atoms. The number of benzene rings is 1. The lowest BCUT2D eigenvalue weighted by molar-refractivity contribution is -0.140.